The van der Waals surface area contributed by atoms with Gasteiger partial charge < -0.3 is 16.5 Å². The second-order valence-electron chi connectivity index (χ2n) is 10.0. The minimum absolute atomic E-state index is 1.09. The average molecular weight is 453 g/mol. The monoisotopic (exact) mass is 452 g/mol. The van der Waals surface area contributed by atoms with Gasteiger partial charge in [-0.05, 0) is 84.5 Å². The molecule has 0 spiro atoms. The predicted molar refractivity (Wildman–Crippen MR) is 126 cm³/mol. The van der Waals surface area contributed by atoms with Crippen LogP contribution in [0.2, 0.25) is 78.1 Å². The fourth-order valence-corrected chi connectivity index (χ4v) is 27.4. The van der Waals surface area contributed by atoms with E-state index in [-0.39, 0.29) is 0 Å². The first kappa shape index (κ1) is 26.7. The quantitative estimate of drug-likeness (QED) is 0.180. The maximum Gasteiger partial charge on any atom is 0.314 e. The zero-order valence-corrected chi connectivity index (χ0v) is 24.2. The van der Waals surface area contributed by atoms with Crippen molar-refractivity contribution in [2.75, 3.05) is 0 Å². The van der Waals surface area contributed by atoms with Crippen LogP contribution in [-0.4, -0.2) is 42.3 Å². The van der Waals surface area contributed by atoms with Crippen LogP contribution in [0.25, 0.3) is 0 Å². The Labute approximate surface area is 168 Å². The van der Waals surface area contributed by atoms with E-state index < -0.39 is 42.3 Å². The summed E-state index contributed by atoms with van der Waals surface area (Å²) in [6, 6.07) is 1.17. The van der Waals surface area contributed by atoms with Gasteiger partial charge in [-0.3, -0.25) is 0 Å². The molecule has 0 aromatic carbocycles. The summed E-state index contributed by atoms with van der Waals surface area (Å²) in [5.74, 6) is 0. The van der Waals surface area contributed by atoms with Crippen LogP contribution in [0.5, 0.6) is 0 Å². The van der Waals surface area contributed by atoms with Crippen LogP contribution in [0.4, 0.5) is 0 Å². The van der Waals surface area contributed by atoms with Gasteiger partial charge in [0, 0.05) is 0 Å². The summed E-state index contributed by atoms with van der Waals surface area (Å²) >= 11 is 0. The van der Waals surface area contributed by atoms with Crippen LogP contribution in [0.3, 0.4) is 0 Å². The average Bonchev–Trinajstić information content (AvgIpc) is 2.26. The number of allylic oxidation sites excluding steroid dienone is 1. The Morgan fingerprint density at radius 3 is 1.46 bits per heavy atom. The highest BCUT2D eigenvalue weighted by molar-refractivity contribution is 6.90. The first-order chi connectivity index (χ1) is 11.4. The third kappa shape index (κ3) is 13.8. The number of rotatable bonds is 13. The van der Waals surface area contributed by atoms with Crippen molar-refractivity contribution in [2.24, 2.45) is 0 Å². The van der Waals surface area contributed by atoms with E-state index in [1.807, 2.05) is 6.08 Å². The van der Waals surface area contributed by atoms with Crippen molar-refractivity contribution in [3.05, 3.63) is 12.7 Å². The summed E-state index contributed by atoms with van der Waals surface area (Å²) < 4.78 is 26.0. The molecule has 0 rings (SSSR count). The molecule has 26 heavy (non-hydrogen) atoms. The van der Waals surface area contributed by atoms with Crippen molar-refractivity contribution in [3.8, 4) is 0 Å². The van der Waals surface area contributed by atoms with Crippen molar-refractivity contribution in [1.29, 1.82) is 0 Å². The van der Waals surface area contributed by atoms with E-state index in [0.29, 0.717) is 0 Å². The van der Waals surface area contributed by atoms with Crippen LogP contribution >= 0.6 is 0 Å². The summed E-state index contributed by atoms with van der Waals surface area (Å²) in [4.78, 5) is 0. The van der Waals surface area contributed by atoms with E-state index in [0.717, 1.165) is 6.42 Å². The van der Waals surface area contributed by atoms with E-state index in [4.69, 9.17) is 16.5 Å². The SMILES string of the molecule is C=CCCCC[Si](C)(C)O[Si](C)(C)O[Si](C)(C)O[Si](C)(C)O[Si](C)(C)C. The molecule has 0 fully saturated rings. The van der Waals surface area contributed by atoms with Crippen LogP contribution in [-0.2, 0) is 16.5 Å². The summed E-state index contributed by atoms with van der Waals surface area (Å²) in [5.41, 5.74) is 0. The lowest BCUT2D eigenvalue weighted by atomic mass is 10.2. The molecular formula is C17H44O4Si5. The normalized spacial score (nSPS) is 14.6. The van der Waals surface area contributed by atoms with Gasteiger partial charge in [0.1, 0.15) is 0 Å². The Kier molecular flexibility index (Phi) is 10.2. The minimum atomic E-state index is -2.31. The van der Waals surface area contributed by atoms with Crippen molar-refractivity contribution < 1.29 is 16.5 Å². The molecule has 0 aliphatic heterocycles. The largest absolute Gasteiger partial charge is 0.437 e. The molecular weight excluding hydrogens is 409 g/mol. The molecule has 0 heterocycles. The summed E-state index contributed by atoms with van der Waals surface area (Å²) in [6.07, 6.45) is 5.49. The molecule has 9 heteroatoms. The molecule has 0 saturated carbocycles. The summed E-state index contributed by atoms with van der Waals surface area (Å²) in [6.45, 7) is 27.9. The topological polar surface area (TPSA) is 36.9 Å². The van der Waals surface area contributed by atoms with Crippen molar-refractivity contribution in [2.45, 2.75) is 97.3 Å². The predicted octanol–water partition coefficient (Wildman–Crippen LogP) is 6.55. The van der Waals surface area contributed by atoms with E-state index >= 15 is 0 Å². The lowest BCUT2D eigenvalue weighted by molar-refractivity contribution is 0.299. The smallest absolute Gasteiger partial charge is 0.314 e. The molecule has 4 nitrogen and oxygen atoms in total. The van der Waals surface area contributed by atoms with Crippen molar-refractivity contribution in [1.82, 2.24) is 0 Å². The van der Waals surface area contributed by atoms with Gasteiger partial charge in [0.05, 0.1) is 0 Å². The van der Waals surface area contributed by atoms with Gasteiger partial charge in [0.25, 0.3) is 0 Å². The summed E-state index contributed by atoms with van der Waals surface area (Å²) in [5, 5.41) is 0. The van der Waals surface area contributed by atoms with Gasteiger partial charge in [-0.2, -0.15) is 0 Å². The lowest BCUT2D eigenvalue weighted by Gasteiger charge is -2.42. The fourth-order valence-electron chi connectivity index (χ4n) is 3.54. The Morgan fingerprint density at radius 2 is 1.04 bits per heavy atom. The van der Waals surface area contributed by atoms with E-state index in [1.165, 1.54) is 18.9 Å². The Balaban J connectivity index is 4.80. The van der Waals surface area contributed by atoms with E-state index in [9.17, 15) is 0 Å². The molecule has 0 radical (unpaired) electrons. The molecule has 156 valence electrons. The van der Waals surface area contributed by atoms with Gasteiger partial charge in [-0.1, -0.05) is 18.9 Å². The molecule has 0 N–H and O–H groups in total. The first-order valence-electron chi connectivity index (χ1n) is 9.80. The molecule has 0 aliphatic carbocycles. The Morgan fingerprint density at radius 1 is 0.615 bits per heavy atom. The standard InChI is InChI=1S/C17H44O4Si5/c1-13-14-15-16-17-23(5,6)19-25(9,10)21-26(11,12)20-24(7,8)18-22(2,3)4/h13H,1,14-17H2,2-12H3. The second-order valence-corrected chi connectivity index (χ2v) is 29.9. The van der Waals surface area contributed by atoms with Crippen molar-refractivity contribution >= 4 is 42.3 Å². The van der Waals surface area contributed by atoms with Crippen LogP contribution in [0.15, 0.2) is 12.7 Å². The molecule has 0 atom stereocenters. The lowest BCUT2D eigenvalue weighted by Crippen LogP contribution is -2.58. The number of hydrogen-bond donors (Lipinski definition) is 0. The van der Waals surface area contributed by atoms with Gasteiger partial charge in [0.15, 0.2) is 16.6 Å². The van der Waals surface area contributed by atoms with Crippen LogP contribution in [0.1, 0.15) is 19.3 Å². The third-order valence-corrected chi connectivity index (χ3v) is 21.5. The zero-order valence-electron chi connectivity index (χ0n) is 19.2. The summed E-state index contributed by atoms with van der Waals surface area (Å²) in [7, 11) is -10.1. The van der Waals surface area contributed by atoms with E-state index in [2.05, 4.69) is 78.6 Å². The van der Waals surface area contributed by atoms with Gasteiger partial charge in [-0.15, -0.1) is 6.58 Å². The maximum absolute atomic E-state index is 6.62. The van der Waals surface area contributed by atoms with E-state index in [1.54, 1.807) is 0 Å². The first-order valence-corrected chi connectivity index (χ1v) is 24.8. The van der Waals surface area contributed by atoms with Gasteiger partial charge in [-0.25, -0.2) is 0 Å². The molecule has 0 saturated heterocycles. The highest BCUT2D eigenvalue weighted by Crippen LogP contribution is 2.27. The highest BCUT2D eigenvalue weighted by atomic mass is 28.5. The van der Waals surface area contributed by atoms with Crippen LogP contribution in [0, 0.1) is 0 Å². The Hall–Kier alpha value is 0.664. The van der Waals surface area contributed by atoms with Gasteiger partial charge >= 0.3 is 25.7 Å². The molecule has 0 aromatic rings. The second kappa shape index (κ2) is 9.92. The fraction of sp³-hybridized carbons (Fsp3) is 0.882. The zero-order chi connectivity index (χ0) is 20.9. The highest BCUT2D eigenvalue weighted by Gasteiger charge is 2.44. The van der Waals surface area contributed by atoms with Crippen molar-refractivity contribution in [3.63, 3.8) is 0 Å². The molecule has 0 amide bonds. The molecule has 0 bridgehead atoms. The third-order valence-electron chi connectivity index (χ3n) is 3.49. The molecule has 0 unspecified atom stereocenters. The maximum atomic E-state index is 6.62. The van der Waals surface area contributed by atoms with Gasteiger partial charge in [0.2, 0.25) is 0 Å². The Bertz CT molecular complexity index is 445. The minimum Gasteiger partial charge on any atom is -0.437 e. The molecule has 0 aromatic heterocycles. The number of unbranched alkanes of at least 4 members (excludes halogenated alkanes) is 2. The number of hydrogen-bond acceptors (Lipinski definition) is 4. The van der Waals surface area contributed by atoms with Crippen LogP contribution < -0.4 is 0 Å². The molecule has 0 aliphatic rings.